The summed E-state index contributed by atoms with van der Waals surface area (Å²) < 4.78 is 5.55. The molecule has 1 aromatic carbocycles. The maximum atomic E-state index is 5.55. The van der Waals surface area contributed by atoms with E-state index in [4.69, 9.17) is 4.74 Å². The Morgan fingerprint density at radius 1 is 1.35 bits per heavy atom. The van der Waals surface area contributed by atoms with Crippen molar-refractivity contribution in [1.29, 1.82) is 0 Å². The SMILES string of the molecule is C=CC.C=CC(=C)COc1ccccc1NC. The van der Waals surface area contributed by atoms with Gasteiger partial charge < -0.3 is 10.1 Å². The van der Waals surface area contributed by atoms with Crippen LogP contribution in [0, 0.1) is 0 Å². The number of hydrogen-bond acceptors (Lipinski definition) is 2. The van der Waals surface area contributed by atoms with E-state index in [-0.39, 0.29) is 0 Å². The molecule has 1 rings (SSSR count). The summed E-state index contributed by atoms with van der Waals surface area (Å²) in [7, 11) is 1.87. The van der Waals surface area contributed by atoms with E-state index in [0.717, 1.165) is 17.0 Å². The second-order valence-electron chi connectivity index (χ2n) is 3.31. The molecule has 0 radical (unpaired) electrons. The average molecular weight is 231 g/mol. The van der Waals surface area contributed by atoms with E-state index < -0.39 is 0 Å². The summed E-state index contributed by atoms with van der Waals surface area (Å²) >= 11 is 0. The molecule has 0 heterocycles. The quantitative estimate of drug-likeness (QED) is 0.610. The molecule has 0 amide bonds. The molecule has 1 aromatic rings. The Bertz CT molecular complexity index is 369. The summed E-state index contributed by atoms with van der Waals surface area (Å²) in [6, 6.07) is 7.78. The van der Waals surface area contributed by atoms with Gasteiger partial charge in [0.05, 0.1) is 5.69 Å². The number of para-hydroxylation sites is 2. The molecule has 0 atom stereocenters. The second kappa shape index (κ2) is 9.28. The first kappa shape index (κ1) is 15.0. The van der Waals surface area contributed by atoms with Crippen LogP contribution in [-0.4, -0.2) is 13.7 Å². The second-order valence-corrected chi connectivity index (χ2v) is 3.31. The minimum Gasteiger partial charge on any atom is -0.487 e. The zero-order valence-electron chi connectivity index (χ0n) is 10.7. The lowest BCUT2D eigenvalue weighted by molar-refractivity contribution is 0.358. The van der Waals surface area contributed by atoms with Gasteiger partial charge in [-0.1, -0.05) is 37.4 Å². The molecule has 2 nitrogen and oxygen atoms in total. The lowest BCUT2D eigenvalue weighted by atomic mass is 10.3. The monoisotopic (exact) mass is 231 g/mol. The largest absolute Gasteiger partial charge is 0.487 e. The maximum Gasteiger partial charge on any atom is 0.142 e. The first-order chi connectivity index (χ1) is 8.19. The predicted octanol–water partition coefficient (Wildman–Crippen LogP) is 4.04. The Balaban J connectivity index is 0.000000770. The smallest absolute Gasteiger partial charge is 0.142 e. The summed E-state index contributed by atoms with van der Waals surface area (Å²) in [6.07, 6.45) is 3.45. The topological polar surface area (TPSA) is 21.3 Å². The van der Waals surface area contributed by atoms with Crippen molar-refractivity contribution in [3.05, 3.63) is 61.7 Å². The van der Waals surface area contributed by atoms with Crippen molar-refractivity contribution in [2.24, 2.45) is 0 Å². The highest BCUT2D eigenvalue weighted by Gasteiger charge is 1.99. The van der Waals surface area contributed by atoms with Crippen LogP contribution in [0.3, 0.4) is 0 Å². The Kier molecular flexibility index (Phi) is 8.21. The Morgan fingerprint density at radius 2 is 1.94 bits per heavy atom. The van der Waals surface area contributed by atoms with Crippen molar-refractivity contribution >= 4 is 5.69 Å². The first-order valence-corrected chi connectivity index (χ1v) is 5.46. The number of nitrogens with one attached hydrogen (secondary N) is 1. The van der Waals surface area contributed by atoms with Gasteiger partial charge in [-0.3, -0.25) is 0 Å². The van der Waals surface area contributed by atoms with Gasteiger partial charge in [-0.05, 0) is 24.6 Å². The molecule has 0 aromatic heterocycles. The zero-order chi connectivity index (χ0) is 13.1. The standard InChI is InChI=1S/C12H15NO.C3H6/c1-4-10(2)9-14-12-8-6-5-7-11(12)13-3;1-3-2/h4-8,13H,1-2,9H2,3H3;3H,1H2,2H3. The summed E-state index contributed by atoms with van der Waals surface area (Å²) in [5, 5.41) is 3.06. The van der Waals surface area contributed by atoms with E-state index in [9.17, 15) is 0 Å². The Morgan fingerprint density at radius 3 is 2.47 bits per heavy atom. The van der Waals surface area contributed by atoms with Crippen molar-refractivity contribution in [3.8, 4) is 5.75 Å². The molecule has 0 unspecified atom stereocenters. The van der Waals surface area contributed by atoms with Crippen LogP contribution >= 0.6 is 0 Å². The average Bonchev–Trinajstić information content (AvgIpc) is 2.37. The summed E-state index contributed by atoms with van der Waals surface area (Å²) in [6.45, 7) is 13.1. The van der Waals surface area contributed by atoms with Gasteiger partial charge in [0.2, 0.25) is 0 Å². The molecule has 1 N–H and O–H groups in total. The van der Waals surface area contributed by atoms with Gasteiger partial charge in [0.15, 0.2) is 0 Å². The lowest BCUT2D eigenvalue weighted by Gasteiger charge is -2.10. The van der Waals surface area contributed by atoms with Crippen molar-refractivity contribution in [1.82, 2.24) is 0 Å². The summed E-state index contributed by atoms with van der Waals surface area (Å²) in [4.78, 5) is 0. The fourth-order valence-corrected chi connectivity index (χ4v) is 1.03. The van der Waals surface area contributed by atoms with Gasteiger partial charge in [0, 0.05) is 7.05 Å². The highest BCUT2D eigenvalue weighted by atomic mass is 16.5. The van der Waals surface area contributed by atoms with Crippen LogP contribution in [0.25, 0.3) is 0 Å². The van der Waals surface area contributed by atoms with Crippen molar-refractivity contribution < 1.29 is 4.74 Å². The van der Waals surface area contributed by atoms with Crippen LogP contribution in [-0.2, 0) is 0 Å². The maximum absolute atomic E-state index is 5.55. The van der Waals surface area contributed by atoms with E-state index >= 15 is 0 Å². The molecule has 0 aliphatic heterocycles. The fourth-order valence-electron chi connectivity index (χ4n) is 1.03. The third kappa shape index (κ3) is 6.25. The molecule has 92 valence electrons. The molecule has 0 spiro atoms. The van der Waals surface area contributed by atoms with Crippen LogP contribution in [0.4, 0.5) is 5.69 Å². The van der Waals surface area contributed by atoms with E-state index in [1.54, 1.807) is 12.2 Å². The van der Waals surface area contributed by atoms with E-state index in [0.29, 0.717) is 6.61 Å². The van der Waals surface area contributed by atoms with Crippen LogP contribution in [0.1, 0.15) is 6.92 Å². The molecular formula is C15H21NO. The van der Waals surface area contributed by atoms with E-state index in [1.807, 2.05) is 38.2 Å². The highest BCUT2D eigenvalue weighted by molar-refractivity contribution is 5.55. The third-order valence-corrected chi connectivity index (χ3v) is 1.86. The van der Waals surface area contributed by atoms with Gasteiger partial charge >= 0.3 is 0 Å². The van der Waals surface area contributed by atoms with Crippen molar-refractivity contribution in [2.45, 2.75) is 6.92 Å². The lowest BCUT2D eigenvalue weighted by Crippen LogP contribution is -2.01. The number of benzene rings is 1. The number of ether oxygens (including phenoxy) is 1. The van der Waals surface area contributed by atoms with Gasteiger partial charge in [-0.2, -0.15) is 0 Å². The van der Waals surface area contributed by atoms with Gasteiger partial charge in [0.1, 0.15) is 12.4 Å². The van der Waals surface area contributed by atoms with Crippen LogP contribution < -0.4 is 10.1 Å². The number of hydrogen-bond donors (Lipinski definition) is 1. The van der Waals surface area contributed by atoms with Gasteiger partial charge in [0.25, 0.3) is 0 Å². The normalized spacial score (nSPS) is 8.35. The molecule has 0 aliphatic carbocycles. The van der Waals surface area contributed by atoms with E-state index in [1.165, 1.54) is 0 Å². The molecule has 0 aliphatic rings. The Hall–Kier alpha value is -1.96. The highest BCUT2D eigenvalue weighted by Crippen LogP contribution is 2.23. The summed E-state index contributed by atoms with van der Waals surface area (Å²) in [5.74, 6) is 0.831. The van der Waals surface area contributed by atoms with Gasteiger partial charge in [-0.15, -0.1) is 6.58 Å². The van der Waals surface area contributed by atoms with Crippen molar-refractivity contribution in [2.75, 3.05) is 19.0 Å². The minimum atomic E-state index is 0.474. The molecule has 2 heteroatoms. The predicted molar refractivity (Wildman–Crippen MR) is 76.7 cm³/mol. The van der Waals surface area contributed by atoms with Crippen LogP contribution in [0.15, 0.2) is 61.7 Å². The first-order valence-electron chi connectivity index (χ1n) is 5.46. The van der Waals surface area contributed by atoms with Crippen molar-refractivity contribution in [3.63, 3.8) is 0 Å². The molecule has 17 heavy (non-hydrogen) atoms. The number of rotatable bonds is 5. The van der Waals surface area contributed by atoms with Crippen LogP contribution in [0.5, 0.6) is 5.75 Å². The molecule has 0 fully saturated rings. The van der Waals surface area contributed by atoms with Gasteiger partial charge in [-0.25, -0.2) is 0 Å². The molecular weight excluding hydrogens is 210 g/mol. The molecule has 0 saturated carbocycles. The minimum absolute atomic E-state index is 0.474. The molecule has 0 bridgehead atoms. The molecule has 0 saturated heterocycles. The van der Waals surface area contributed by atoms with E-state index in [2.05, 4.69) is 25.1 Å². The Labute approximate surface area is 104 Å². The number of allylic oxidation sites excluding steroid dienone is 1. The van der Waals surface area contributed by atoms with Crippen LogP contribution in [0.2, 0.25) is 0 Å². The number of anilines is 1. The zero-order valence-corrected chi connectivity index (χ0v) is 10.7. The third-order valence-electron chi connectivity index (χ3n) is 1.86. The fraction of sp³-hybridized carbons (Fsp3) is 0.200. The summed E-state index contributed by atoms with van der Waals surface area (Å²) in [5.41, 5.74) is 1.85.